The molecule has 0 saturated heterocycles. The molecule has 0 saturated carbocycles. The van der Waals surface area contributed by atoms with Crippen LogP contribution < -0.4 is 0 Å². The van der Waals surface area contributed by atoms with E-state index in [0.29, 0.717) is 5.66 Å². The van der Waals surface area contributed by atoms with Gasteiger partial charge in [0, 0.05) is 5.66 Å². The average molecular weight is 160 g/mol. The van der Waals surface area contributed by atoms with Gasteiger partial charge in [-0.15, -0.1) is 0 Å². The van der Waals surface area contributed by atoms with Crippen LogP contribution in [0.25, 0.3) is 0 Å². The lowest BCUT2D eigenvalue weighted by molar-refractivity contribution is 1.12. The molecule has 1 aliphatic heterocycles. The topological polar surface area (TPSA) is 0 Å². The highest BCUT2D eigenvalue weighted by Crippen LogP contribution is 2.54. The minimum Gasteiger partial charge on any atom is -0.0968 e. The lowest BCUT2D eigenvalue weighted by Gasteiger charge is -2.15. The molecule has 0 aromatic carbocycles. The molecule has 1 heterocycles. The maximum Gasteiger partial charge on any atom is 0.00604 e. The quantitative estimate of drug-likeness (QED) is 0.387. The van der Waals surface area contributed by atoms with E-state index in [1.165, 1.54) is 11.7 Å². The van der Waals surface area contributed by atoms with Crippen LogP contribution in [-0.4, -0.2) is 18.5 Å². The lowest BCUT2D eigenvalue weighted by Crippen LogP contribution is -1.97. The Hall–Kier alpha value is 0.390. The van der Waals surface area contributed by atoms with Gasteiger partial charge in [0.2, 0.25) is 0 Å². The van der Waals surface area contributed by atoms with Crippen molar-refractivity contribution >= 4 is 17.8 Å². The van der Waals surface area contributed by atoms with Gasteiger partial charge in [-0.3, -0.25) is 0 Å². The molecule has 2 atom stereocenters. The second-order valence-electron chi connectivity index (χ2n) is 2.98. The van der Waals surface area contributed by atoms with Crippen molar-refractivity contribution in [3.8, 4) is 0 Å². The van der Waals surface area contributed by atoms with E-state index in [1.54, 1.807) is 0 Å². The predicted molar refractivity (Wildman–Crippen MR) is 48.3 cm³/mol. The molecule has 52 valence electrons. The standard InChI is InChI=1S/C7H13PS/c1-6-4-5-8(3,9)7(6)2/h4,7H,5H2,1-3H3. The van der Waals surface area contributed by atoms with Crippen LogP contribution in [0.2, 0.25) is 0 Å². The third-order valence-electron chi connectivity index (χ3n) is 2.25. The maximum absolute atomic E-state index is 5.47. The molecule has 2 heteroatoms. The van der Waals surface area contributed by atoms with Gasteiger partial charge in [0.1, 0.15) is 0 Å². The van der Waals surface area contributed by atoms with Crippen molar-refractivity contribution in [2.75, 3.05) is 12.8 Å². The first-order valence-electron chi connectivity index (χ1n) is 3.27. The van der Waals surface area contributed by atoms with Gasteiger partial charge in [-0.2, -0.15) is 0 Å². The summed E-state index contributed by atoms with van der Waals surface area (Å²) in [5.41, 5.74) is 2.23. The van der Waals surface area contributed by atoms with Gasteiger partial charge in [0.05, 0.1) is 0 Å². The fourth-order valence-electron chi connectivity index (χ4n) is 1.08. The van der Waals surface area contributed by atoms with E-state index >= 15 is 0 Å². The second kappa shape index (κ2) is 2.21. The van der Waals surface area contributed by atoms with Gasteiger partial charge in [-0.25, -0.2) is 0 Å². The fraction of sp³-hybridized carbons (Fsp3) is 0.714. The Balaban J connectivity index is 2.86. The van der Waals surface area contributed by atoms with Crippen molar-refractivity contribution in [1.82, 2.24) is 0 Å². The zero-order valence-corrected chi connectivity index (χ0v) is 7.93. The van der Waals surface area contributed by atoms with Crippen molar-refractivity contribution in [1.29, 1.82) is 0 Å². The van der Waals surface area contributed by atoms with Gasteiger partial charge in [-0.05, 0) is 25.8 Å². The third-order valence-corrected chi connectivity index (χ3v) is 6.60. The second-order valence-corrected chi connectivity index (χ2v) is 8.97. The lowest BCUT2D eigenvalue weighted by atomic mass is 10.2. The van der Waals surface area contributed by atoms with Crippen LogP contribution in [-0.2, 0) is 11.8 Å². The molecular weight excluding hydrogens is 147 g/mol. The fourth-order valence-corrected chi connectivity index (χ4v) is 3.74. The number of rotatable bonds is 0. The van der Waals surface area contributed by atoms with Gasteiger partial charge in [0.25, 0.3) is 0 Å². The van der Waals surface area contributed by atoms with Gasteiger partial charge in [0.15, 0.2) is 0 Å². The summed E-state index contributed by atoms with van der Waals surface area (Å²) in [7, 11) is 0. The number of hydrogen-bond donors (Lipinski definition) is 0. The molecule has 0 aromatic rings. The highest BCUT2D eigenvalue weighted by atomic mass is 32.4. The summed E-state index contributed by atoms with van der Waals surface area (Å²) in [6.45, 7) is 6.72. The highest BCUT2D eigenvalue weighted by molar-refractivity contribution is 8.14. The first kappa shape index (κ1) is 7.50. The molecule has 1 rings (SSSR count). The van der Waals surface area contributed by atoms with Crippen LogP contribution >= 0.6 is 6.04 Å². The van der Waals surface area contributed by atoms with Crippen molar-refractivity contribution < 1.29 is 0 Å². The molecule has 0 N–H and O–H groups in total. The van der Waals surface area contributed by atoms with Crippen molar-refractivity contribution in [2.24, 2.45) is 0 Å². The van der Waals surface area contributed by atoms with E-state index < -0.39 is 6.04 Å². The van der Waals surface area contributed by atoms with Crippen molar-refractivity contribution in [2.45, 2.75) is 19.5 Å². The molecule has 0 aliphatic carbocycles. The third kappa shape index (κ3) is 1.28. The molecule has 0 fully saturated rings. The summed E-state index contributed by atoms with van der Waals surface area (Å²) >= 11 is 5.47. The van der Waals surface area contributed by atoms with Crippen LogP contribution in [0.4, 0.5) is 0 Å². The maximum atomic E-state index is 5.47. The zero-order valence-electron chi connectivity index (χ0n) is 6.22. The Bertz CT molecular complexity index is 193. The van der Waals surface area contributed by atoms with Crippen molar-refractivity contribution in [3.63, 3.8) is 0 Å². The Morgan fingerprint density at radius 2 is 2.33 bits per heavy atom. The van der Waals surface area contributed by atoms with E-state index in [-0.39, 0.29) is 0 Å². The van der Waals surface area contributed by atoms with Crippen LogP contribution in [0, 0.1) is 0 Å². The van der Waals surface area contributed by atoms with Crippen LogP contribution in [0.1, 0.15) is 13.8 Å². The molecule has 2 unspecified atom stereocenters. The average Bonchev–Trinajstić information content (AvgIpc) is 1.97. The summed E-state index contributed by atoms with van der Waals surface area (Å²) in [4.78, 5) is 0. The monoisotopic (exact) mass is 160 g/mol. The van der Waals surface area contributed by atoms with Gasteiger partial charge in [-0.1, -0.05) is 30.4 Å². The largest absolute Gasteiger partial charge is 0.0968 e. The van der Waals surface area contributed by atoms with Crippen molar-refractivity contribution in [3.05, 3.63) is 11.6 Å². The molecule has 0 aromatic heterocycles. The zero-order chi connectivity index (χ0) is 7.07. The molecule has 0 spiro atoms. The first-order chi connectivity index (χ1) is 4.04. The number of hydrogen-bond acceptors (Lipinski definition) is 1. The van der Waals surface area contributed by atoms with E-state index in [9.17, 15) is 0 Å². The summed E-state index contributed by atoms with van der Waals surface area (Å²) in [5.74, 6) is 0. The molecule has 9 heavy (non-hydrogen) atoms. The first-order valence-corrected chi connectivity index (χ1v) is 6.77. The van der Waals surface area contributed by atoms with Gasteiger partial charge < -0.3 is 0 Å². The minimum atomic E-state index is -0.950. The number of allylic oxidation sites excluding steroid dienone is 2. The predicted octanol–water partition coefficient (Wildman–Crippen LogP) is 2.44. The van der Waals surface area contributed by atoms with Crippen LogP contribution in [0.15, 0.2) is 11.6 Å². The van der Waals surface area contributed by atoms with E-state index in [0.717, 1.165) is 0 Å². The molecular formula is C7H13PS. The molecule has 0 bridgehead atoms. The van der Waals surface area contributed by atoms with E-state index in [2.05, 4.69) is 26.6 Å². The normalized spacial score (nSPS) is 43.0. The SMILES string of the molecule is CC1=CCP(C)(=S)C1C. The molecule has 0 nitrogen and oxygen atoms in total. The van der Waals surface area contributed by atoms with E-state index in [4.69, 9.17) is 11.8 Å². The van der Waals surface area contributed by atoms with Crippen LogP contribution in [0.5, 0.6) is 0 Å². The summed E-state index contributed by atoms with van der Waals surface area (Å²) in [6.07, 6.45) is 3.50. The van der Waals surface area contributed by atoms with Crippen LogP contribution in [0.3, 0.4) is 0 Å². The Morgan fingerprint density at radius 1 is 1.78 bits per heavy atom. The molecule has 1 aliphatic rings. The summed E-state index contributed by atoms with van der Waals surface area (Å²) in [5, 5.41) is 0. The Labute approximate surface area is 62.4 Å². The van der Waals surface area contributed by atoms with E-state index in [1.807, 2.05) is 0 Å². The molecule has 0 radical (unpaired) electrons. The smallest absolute Gasteiger partial charge is 0.00604 e. The molecule has 0 amide bonds. The minimum absolute atomic E-state index is 0.715. The Kier molecular flexibility index (Phi) is 1.84. The summed E-state index contributed by atoms with van der Waals surface area (Å²) in [6, 6.07) is -0.950. The highest BCUT2D eigenvalue weighted by Gasteiger charge is 2.24. The Morgan fingerprint density at radius 3 is 2.44 bits per heavy atom. The van der Waals surface area contributed by atoms with Gasteiger partial charge >= 0.3 is 0 Å². The summed E-state index contributed by atoms with van der Waals surface area (Å²) < 4.78 is 0.